The van der Waals surface area contributed by atoms with Gasteiger partial charge in [0.05, 0.1) is 5.25 Å². The predicted octanol–water partition coefficient (Wildman–Crippen LogP) is 4.10. The van der Waals surface area contributed by atoms with Crippen LogP contribution in [0.3, 0.4) is 0 Å². The Morgan fingerprint density at radius 2 is 2.00 bits per heavy atom. The normalized spacial score (nSPS) is 13.1. The standard InChI is InChI=1S/C21H31N3O3S.ClH/c1-13(2)11-17(20(25)24-16(21(26)27)8-4-5-10-22)28-18-12-23-15-9-6-7-14(3)19(15)18;/h6-7,9,12-13,16-17,23H,4-5,8,10-11,22H2,1-3H3,(H,24,25)(H,26,27);1H/t16-,17+;/m0./s1. The number of carbonyl (C=O) groups is 2. The zero-order valence-electron chi connectivity index (χ0n) is 17.2. The average Bonchev–Trinajstić information content (AvgIpc) is 3.04. The summed E-state index contributed by atoms with van der Waals surface area (Å²) in [6, 6.07) is 5.19. The van der Waals surface area contributed by atoms with Gasteiger partial charge in [-0.2, -0.15) is 0 Å². The van der Waals surface area contributed by atoms with Gasteiger partial charge in [0.1, 0.15) is 6.04 Å². The maximum absolute atomic E-state index is 12.9. The smallest absolute Gasteiger partial charge is 0.326 e. The molecule has 2 rings (SSSR count). The highest BCUT2D eigenvalue weighted by Crippen LogP contribution is 2.35. The van der Waals surface area contributed by atoms with Crippen LogP contribution in [0.1, 0.15) is 45.1 Å². The number of aromatic amines is 1. The molecule has 0 saturated carbocycles. The van der Waals surface area contributed by atoms with E-state index < -0.39 is 12.0 Å². The van der Waals surface area contributed by atoms with Crippen LogP contribution in [0, 0.1) is 12.8 Å². The zero-order chi connectivity index (χ0) is 20.7. The van der Waals surface area contributed by atoms with E-state index >= 15 is 0 Å². The summed E-state index contributed by atoms with van der Waals surface area (Å²) in [4.78, 5) is 28.8. The molecule has 0 fully saturated rings. The number of carbonyl (C=O) groups excluding carboxylic acids is 1. The summed E-state index contributed by atoms with van der Waals surface area (Å²) in [5, 5.41) is 13.0. The fourth-order valence-corrected chi connectivity index (χ4v) is 4.71. The van der Waals surface area contributed by atoms with Crippen LogP contribution >= 0.6 is 24.2 Å². The molecule has 29 heavy (non-hydrogen) atoms. The highest BCUT2D eigenvalue weighted by Gasteiger charge is 2.27. The van der Waals surface area contributed by atoms with Crippen LogP contribution in [0.5, 0.6) is 0 Å². The molecule has 0 saturated heterocycles. The van der Waals surface area contributed by atoms with Crippen molar-refractivity contribution < 1.29 is 14.7 Å². The third-order valence-electron chi connectivity index (χ3n) is 4.69. The SMILES string of the molecule is Cc1cccc2[nH]cc(S[C@H](CC(C)C)C(=O)N[C@@H](CCCCN)C(=O)O)c12.Cl. The first kappa shape index (κ1) is 25.3. The highest BCUT2D eigenvalue weighted by molar-refractivity contribution is 8.00. The molecule has 0 aliphatic rings. The lowest BCUT2D eigenvalue weighted by molar-refractivity contribution is -0.142. The lowest BCUT2D eigenvalue weighted by Crippen LogP contribution is -2.45. The fourth-order valence-electron chi connectivity index (χ4n) is 3.23. The minimum absolute atomic E-state index is 0. The van der Waals surface area contributed by atoms with E-state index in [2.05, 4.69) is 37.1 Å². The van der Waals surface area contributed by atoms with Crippen LogP contribution in [-0.4, -0.2) is 39.8 Å². The Labute approximate surface area is 182 Å². The van der Waals surface area contributed by atoms with Crippen LogP contribution in [0.15, 0.2) is 29.3 Å². The number of nitrogens with one attached hydrogen (secondary N) is 2. The Morgan fingerprint density at radius 3 is 2.62 bits per heavy atom. The molecule has 2 atom stereocenters. The van der Waals surface area contributed by atoms with E-state index in [0.29, 0.717) is 31.7 Å². The number of carboxylic acid groups (broad SMARTS) is 1. The number of aliphatic carboxylic acids is 1. The van der Waals surface area contributed by atoms with E-state index in [4.69, 9.17) is 5.73 Å². The molecule has 0 radical (unpaired) electrons. The number of halogens is 1. The fraction of sp³-hybridized carbons (Fsp3) is 0.524. The zero-order valence-corrected chi connectivity index (χ0v) is 18.9. The number of amides is 1. The maximum atomic E-state index is 12.9. The molecular formula is C21H32ClN3O3S. The third-order valence-corrected chi connectivity index (χ3v) is 5.95. The topological polar surface area (TPSA) is 108 Å². The first-order chi connectivity index (χ1) is 13.3. The second kappa shape index (κ2) is 12.1. The molecule has 1 aromatic heterocycles. The van der Waals surface area contributed by atoms with Crippen molar-refractivity contribution in [1.82, 2.24) is 10.3 Å². The minimum Gasteiger partial charge on any atom is -0.480 e. The van der Waals surface area contributed by atoms with Crippen molar-refractivity contribution in [2.24, 2.45) is 11.7 Å². The molecule has 1 heterocycles. The van der Waals surface area contributed by atoms with Gasteiger partial charge >= 0.3 is 5.97 Å². The van der Waals surface area contributed by atoms with E-state index in [-0.39, 0.29) is 23.6 Å². The third kappa shape index (κ3) is 7.24. The van der Waals surface area contributed by atoms with Crippen LogP contribution in [-0.2, 0) is 9.59 Å². The van der Waals surface area contributed by atoms with Crippen molar-refractivity contribution in [2.45, 2.75) is 62.6 Å². The Hall–Kier alpha value is -1.70. The number of benzene rings is 1. The van der Waals surface area contributed by atoms with Crippen LogP contribution < -0.4 is 11.1 Å². The summed E-state index contributed by atoms with van der Waals surface area (Å²) < 4.78 is 0. The lowest BCUT2D eigenvalue weighted by atomic mass is 10.1. The summed E-state index contributed by atoms with van der Waals surface area (Å²) in [5.41, 5.74) is 7.67. The Morgan fingerprint density at radius 1 is 1.28 bits per heavy atom. The van der Waals surface area contributed by atoms with Gasteiger partial charge in [0.25, 0.3) is 0 Å². The first-order valence-electron chi connectivity index (χ1n) is 9.80. The number of unbranched alkanes of at least 4 members (excludes halogenated alkanes) is 1. The van der Waals surface area contributed by atoms with Gasteiger partial charge < -0.3 is 21.1 Å². The molecule has 0 unspecified atom stereocenters. The number of aromatic nitrogens is 1. The van der Waals surface area contributed by atoms with Crippen molar-refractivity contribution >= 4 is 46.9 Å². The first-order valence-corrected chi connectivity index (χ1v) is 10.7. The number of fused-ring (bicyclic) bond motifs is 1. The summed E-state index contributed by atoms with van der Waals surface area (Å²) in [5.74, 6) is -0.904. The van der Waals surface area contributed by atoms with Gasteiger partial charge in [-0.05, 0) is 56.7 Å². The van der Waals surface area contributed by atoms with E-state index in [9.17, 15) is 14.7 Å². The number of hydrogen-bond donors (Lipinski definition) is 4. The van der Waals surface area contributed by atoms with Gasteiger partial charge in [0.15, 0.2) is 0 Å². The number of nitrogens with two attached hydrogens (primary N) is 1. The van der Waals surface area contributed by atoms with Crippen LogP contribution in [0.4, 0.5) is 0 Å². The Kier molecular flexibility index (Phi) is 10.6. The number of carboxylic acids is 1. The van der Waals surface area contributed by atoms with Crippen molar-refractivity contribution in [2.75, 3.05) is 6.54 Å². The lowest BCUT2D eigenvalue weighted by Gasteiger charge is -2.21. The molecule has 0 bridgehead atoms. The van der Waals surface area contributed by atoms with Gasteiger partial charge in [0.2, 0.25) is 5.91 Å². The number of hydrogen-bond acceptors (Lipinski definition) is 4. The van der Waals surface area contributed by atoms with Crippen LogP contribution in [0.25, 0.3) is 10.9 Å². The highest BCUT2D eigenvalue weighted by atomic mass is 35.5. The largest absolute Gasteiger partial charge is 0.480 e. The van der Waals surface area contributed by atoms with Gasteiger partial charge in [-0.1, -0.05) is 26.0 Å². The number of H-pyrrole nitrogens is 1. The molecular weight excluding hydrogens is 410 g/mol. The van der Waals surface area contributed by atoms with Crippen molar-refractivity contribution in [3.63, 3.8) is 0 Å². The van der Waals surface area contributed by atoms with Gasteiger partial charge in [-0.15, -0.1) is 24.2 Å². The molecule has 8 heteroatoms. The summed E-state index contributed by atoms with van der Waals surface area (Å²) in [6.07, 6.45) is 4.42. The molecule has 5 N–H and O–H groups in total. The molecule has 6 nitrogen and oxygen atoms in total. The van der Waals surface area contributed by atoms with Gasteiger partial charge in [-0.25, -0.2) is 4.79 Å². The van der Waals surface area contributed by atoms with E-state index in [1.165, 1.54) is 11.8 Å². The molecule has 162 valence electrons. The van der Waals surface area contributed by atoms with E-state index in [0.717, 1.165) is 27.8 Å². The number of rotatable bonds is 11. The summed E-state index contributed by atoms with van der Waals surface area (Å²) >= 11 is 1.50. The van der Waals surface area contributed by atoms with E-state index in [1.54, 1.807) is 0 Å². The maximum Gasteiger partial charge on any atom is 0.326 e. The van der Waals surface area contributed by atoms with E-state index in [1.807, 2.05) is 18.3 Å². The molecule has 0 spiro atoms. The predicted molar refractivity (Wildman–Crippen MR) is 122 cm³/mol. The van der Waals surface area contributed by atoms with Crippen molar-refractivity contribution in [1.29, 1.82) is 0 Å². The van der Waals surface area contributed by atoms with Crippen molar-refractivity contribution in [3.05, 3.63) is 30.0 Å². The number of aryl methyl sites for hydroxylation is 1. The second-order valence-electron chi connectivity index (χ2n) is 7.57. The molecule has 1 aromatic carbocycles. The Bertz CT molecular complexity index is 810. The Balaban J connectivity index is 0.00000420. The summed E-state index contributed by atoms with van der Waals surface area (Å²) in [7, 11) is 0. The average molecular weight is 442 g/mol. The molecule has 2 aromatic rings. The quantitative estimate of drug-likeness (QED) is 0.310. The molecule has 1 amide bonds. The van der Waals surface area contributed by atoms with Gasteiger partial charge in [0, 0.05) is 22.0 Å². The number of thioether (sulfide) groups is 1. The summed E-state index contributed by atoms with van der Waals surface area (Å²) in [6.45, 7) is 6.70. The monoisotopic (exact) mass is 441 g/mol. The second-order valence-corrected chi connectivity index (χ2v) is 8.81. The molecule has 0 aliphatic carbocycles. The van der Waals surface area contributed by atoms with Crippen molar-refractivity contribution in [3.8, 4) is 0 Å². The molecule has 0 aliphatic heterocycles. The minimum atomic E-state index is -0.999. The van der Waals surface area contributed by atoms with Crippen LogP contribution in [0.2, 0.25) is 0 Å². The van der Waals surface area contributed by atoms with Gasteiger partial charge in [-0.3, -0.25) is 4.79 Å².